The Morgan fingerprint density at radius 1 is 1.35 bits per heavy atom. The van der Waals surface area contributed by atoms with E-state index >= 15 is 0 Å². The van der Waals surface area contributed by atoms with Gasteiger partial charge in [0.15, 0.2) is 0 Å². The molecule has 1 amide bonds. The Kier molecular flexibility index (Phi) is 6.52. The first kappa shape index (κ1) is 16.5. The highest BCUT2D eigenvalue weighted by molar-refractivity contribution is 6.31. The Hall–Kier alpha value is -1.55. The van der Waals surface area contributed by atoms with Crippen LogP contribution in [0.1, 0.15) is 32.3 Å². The fourth-order valence-electron chi connectivity index (χ4n) is 1.87. The number of amides is 1. The Balaban J connectivity index is 2.85. The zero-order chi connectivity index (χ0) is 15.1. The predicted octanol–water partition coefficient (Wildman–Crippen LogP) is 3.19. The number of hydrogen-bond donors (Lipinski definition) is 1. The molecule has 0 saturated heterocycles. The molecule has 1 aromatic carbocycles. The molecule has 0 aliphatic rings. The van der Waals surface area contributed by atoms with Crippen LogP contribution < -0.4 is 0 Å². The maximum absolute atomic E-state index is 12.1. The molecule has 0 aliphatic heterocycles. The molecule has 0 fully saturated rings. The highest BCUT2D eigenvalue weighted by Crippen LogP contribution is 2.18. The van der Waals surface area contributed by atoms with Crippen molar-refractivity contribution in [3.63, 3.8) is 0 Å². The van der Waals surface area contributed by atoms with Crippen LogP contribution in [0.5, 0.6) is 0 Å². The van der Waals surface area contributed by atoms with Crippen LogP contribution in [0.3, 0.4) is 0 Å². The molecule has 1 atom stereocenters. The van der Waals surface area contributed by atoms with Gasteiger partial charge < -0.3 is 10.0 Å². The van der Waals surface area contributed by atoms with Gasteiger partial charge in [-0.25, -0.2) is 0 Å². The van der Waals surface area contributed by atoms with Crippen molar-refractivity contribution < 1.29 is 14.7 Å². The van der Waals surface area contributed by atoms with Gasteiger partial charge in [-0.1, -0.05) is 43.6 Å². The van der Waals surface area contributed by atoms with Crippen molar-refractivity contribution >= 4 is 23.5 Å². The molecule has 0 spiro atoms. The van der Waals surface area contributed by atoms with Gasteiger partial charge in [0.05, 0.1) is 5.92 Å². The molecule has 4 nitrogen and oxygen atoms in total. The third kappa shape index (κ3) is 4.85. The zero-order valence-corrected chi connectivity index (χ0v) is 12.6. The summed E-state index contributed by atoms with van der Waals surface area (Å²) in [7, 11) is 0. The van der Waals surface area contributed by atoms with E-state index in [-0.39, 0.29) is 12.5 Å². The smallest absolute Gasteiger partial charge is 0.308 e. The van der Waals surface area contributed by atoms with E-state index in [2.05, 4.69) is 0 Å². The topological polar surface area (TPSA) is 57.6 Å². The summed E-state index contributed by atoms with van der Waals surface area (Å²) in [5.74, 6) is -1.54. The second kappa shape index (κ2) is 7.90. The van der Waals surface area contributed by atoms with Crippen molar-refractivity contribution in [3.05, 3.63) is 34.9 Å². The van der Waals surface area contributed by atoms with Crippen LogP contribution >= 0.6 is 11.6 Å². The largest absolute Gasteiger partial charge is 0.481 e. The third-order valence-corrected chi connectivity index (χ3v) is 3.42. The highest BCUT2D eigenvalue weighted by atomic mass is 35.5. The van der Waals surface area contributed by atoms with Gasteiger partial charge in [-0.05, 0) is 18.1 Å². The van der Waals surface area contributed by atoms with Crippen LogP contribution in [0.25, 0.3) is 0 Å². The second-order valence-corrected chi connectivity index (χ2v) is 5.26. The van der Waals surface area contributed by atoms with Crippen LogP contribution in [-0.2, 0) is 16.1 Å². The molecule has 1 aromatic rings. The lowest BCUT2D eigenvalue weighted by Crippen LogP contribution is -2.36. The molecule has 0 radical (unpaired) electrons. The highest BCUT2D eigenvalue weighted by Gasteiger charge is 2.20. The first-order valence-electron chi connectivity index (χ1n) is 6.69. The van der Waals surface area contributed by atoms with E-state index in [4.69, 9.17) is 16.7 Å². The molecule has 1 N–H and O–H groups in total. The summed E-state index contributed by atoms with van der Waals surface area (Å²) in [6.07, 6.45) is 1.15. The molecule has 0 heterocycles. The first-order chi connectivity index (χ1) is 9.45. The van der Waals surface area contributed by atoms with Gasteiger partial charge in [-0.15, -0.1) is 0 Å². The van der Waals surface area contributed by atoms with E-state index in [1.807, 2.05) is 25.1 Å². The molecule has 110 valence electrons. The minimum atomic E-state index is -0.904. The van der Waals surface area contributed by atoms with Gasteiger partial charge in [-0.3, -0.25) is 9.59 Å². The SMILES string of the molecule is CCCC(=O)N(Cc1ccccc1Cl)CC(C)C(=O)O. The number of carboxylic acids is 1. The average molecular weight is 298 g/mol. The standard InChI is InChI=1S/C15H20ClNO3/c1-3-6-14(18)17(9-11(2)15(19)20)10-12-7-4-5-8-13(12)16/h4-5,7-8,11H,3,6,9-10H2,1-2H3,(H,19,20). The van der Waals surface area contributed by atoms with E-state index in [0.29, 0.717) is 18.0 Å². The van der Waals surface area contributed by atoms with Crippen molar-refractivity contribution in [3.8, 4) is 0 Å². The third-order valence-electron chi connectivity index (χ3n) is 3.05. The number of carbonyl (C=O) groups is 2. The maximum Gasteiger partial charge on any atom is 0.308 e. The first-order valence-corrected chi connectivity index (χ1v) is 7.07. The molecule has 0 aromatic heterocycles. The van der Waals surface area contributed by atoms with E-state index in [1.165, 1.54) is 0 Å². The Bertz CT molecular complexity index is 476. The normalized spacial score (nSPS) is 11.9. The minimum absolute atomic E-state index is 0.0412. The quantitative estimate of drug-likeness (QED) is 0.841. The summed E-state index contributed by atoms with van der Waals surface area (Å²) >= 11 is 6.09. The van der Waals surface area contributed by atoms with Crippen LogP contribution in [0.4, 0.5) is 0 Å². The van der Waals surface area contributed by atoms with Crippen molar-refractivity contribution in [1.29, 1.82) is 0 Å². The monoisotopic (exact) mass is 297 g/mol. The lowest BCUT2D eigenvalue weighted by molar-refractivity contribution is -0.143. The second-order valence-electron chi connectivity index (χ2n) is 4.85. The maximum atomic E-state index is 12.1. The number of carboxylic acid groups (broad SMARTS) is 1. The molecular weight excluding hydrogens is 278 g/mol. The number of carbonyl (C=O) groups excluding carboxylic acids is 1. The predicted molar refractivity (Wildman–Crippen MR) is 78.6 cm³/mol. The Morgan fingerprint density at radius 3 is 2.55 bits per heavy atom. The molecule has 0 aliphatic carbocycles. The van der Waals surface area contributed by atoms with E-state index in [1.54, 1.807) is 17.9 Å². The number of aliphatic carboxylic acids is 1. The van der Waals surface area contributed by atoms with Crippen LogP contribution in [-0.4, -0.2) is 28.4 Å². The fourth-order valence-corrected chi connectivity index (χ4v) is 2.06. The van der Waals surface area contributed by atoms with Crippen molar-refractivity contribution in [1.82, 2.24) is 4.90 Å². The molecular formula is C15H20ClNO3. The lowest BCUT2D eigenvalue weighted by atomic mass is 10.1. The van der Waals surface area contributed by atoms with Gasteiger partial charge in [0.2, 0.25) is 5.91 Å². The summed E-state index contributed by atoms with van der Waals surface area (Å²) in [6, 6.07) is 7.29. The zero-order valence-electron chi connectivity index (χ0n) is 11.8. The van der Waals surface area contributed by atoms with E-state index < -0.39 is 11.9 Å². The van der Waals surface area contributed by atoms with Crippen LogP contribution in [0, 0.1) is 5.92 Å². The van der Waals surface area contributed by atoms with Gasteiger partial charge in [0.25, 0.3) is 0 Å². The number of nitrogens with zero attached hydrogens (tertiary/aromatic N) is 1. The molecule has 1 rings (SSSR count). The summed E-state index contributed by atoms with van der Waals surface area (Å²) < 4.78 is 0. The fraction of sp³-hybridized carbons (Fsp3) is 0.467. The number of hydrogen-bond acceptors (Lipinski definition) is 2. The molecule has 1 unspecified atom stereocenters. The number of benzene rings is 1. The van der Waals surface area contributed by atoms with Crippen molar-refractivity contribution in [2.45, 2.75) is 33.2 Å². The van der Waals surface area contributed by atoms with Crippen LogP contribution in [0.15, 0.2) is 24.3 Å². The molecule has 5 heteroatoms. The van der Waals surface area contributed by atoms with E-state index in [0.717, 1.165) is 12.0 Å². The molecule has 0 saturated carbocycles. The summed E-state index contributed by atoms with van der Waals surface area (Å²) in [6.45, 7) is 4.06. The Labute approximate surface area is 124 Å². The minimum Gasteiger partial charge on any atom is -0.481 e. The number of halogens is 1. The van der Waals surface area contributed by atoms with Gasteiger partial charge in [0.1, 0.15) is 0 Å². The van der Waals surface area contributed by atoms with Crippen molar-refractivity contribution in [2.24, 2.45) is 5.92 Å². The lowest BCUT2D eigenvalue weighted by Gasteiger charge is -2.25. The number of rotatable bonds is 7. The van der Waals surface area contributed by atoms with Crippen molar-refractivity contribution in [2.75, 3.05) is 6.54 Å². The summed E-state index contributed by atoms with van der Waals surface area (Å²) in [5.41, 5.74) is 0.830. The van der Waals surface area contributed by atoms with Gasteiger partial charge in [-0.2, -0.15) is 0 Å². The van der Waals surface area contributed by atoms with Gasteiger partial charge in [0, 0.05) is 24.5 Å². The Morgan fingerprint density at radius 2 is 2.00 bits per heavy atom. The van der Waals surface area contributed by atoms with Gasteiger partial charge >= 0.3 is 5.97 Å². The van der Waals surface area contributed by atoms with E-state index in [9.17, 15) is 9.59 Å². The molecule has 0 bridgehead atoms. The molecule has 20 heavy (non-hydrogen) atoms. The van der Waals surface area contributed by atoms with Crippen LogP contribution in [0.2, 0.25) is 5.02 Å². The average Bonchev–Trinajstić information content (AvgIpc) is 2.40. The summed E-state index contributed by atoms with van der Waals surface area (Å²) in [4.78, 5) is 24.7. The summed E-state index contributed by atoms with van der Waals surface area (Å²) in [5, 5.41) is 9.59.